The van der Waals surface area contributed by atoms with Crippen LogP contribution in [0.15, 0.2) is 0 Å². The first-order valence-electron chi connectivity index (χ1n) is 7.59. The van der Waals surface area contributed by atoms with Crippen molar-refractivity contribution in [3.05, 3.63) is 0 Å². The van der Waals surface area contributed by atoms with Crippen molar-refractivity contribution in [3.8, 4) is 0 Å². The molecule has 0 heterocycles. The second-order valence-electron chi connectivity index (χ2n) is 6.16. The molecule has 0 spiro atoms. The smallest absolute Gasteiger partial charge is 0.0731 e. The molecule has 0 aliphatic heterocycles. The van der Waals surface area contributed by atoms with Gasteiger partial charge in [-0.2, -0.15) is 0 Å². The van der Waals surface area contributed by atoms with E-state index in [1.165, 1.54) is 38.5 Å². The molecular weight excluding hydrogens is 210 g/mol. The molecule has 0 bridgehead atoms. The van der Waals surface area contributed by atoms with Gasteiger partial charge in [0.1, 0.15) is 0 Å². The van der Waals surface area contributed by atoms with Gasteiger partial charge in [0, 0.05) is 6.04 Å². The highest BCUT2D eigenvalue weighted by atomic mass is 16.5. The van der Waals surface area contributed by atoms with E-state index in [1.807, 2.05) is 0 Å². The van der Waals surface area contributed by atoms with Crippen LogP contribution >= 0.6 is 0 Å². The summed E-state index contributed by atoms with van der Waals surface area (Å²) in [7, 11) is 0. The lowest BCUT2D eigenvalue weighted by molar-refractivity contribution is -0.0535. The number of hydrogen-bond donors (Lipinski definition) is 1. The fourth-order valence-corrected chi connectivity index (χ4v) is 3.45. The Morgan fingerprint density at radius 1 is 1.06 bits per heavy atom. The molecule has 0 aromatic heterocycles. The van der Waals surface area contributed by atoms with Gasteiger partial charge in [-0.1, -0.05) is 20.8 Å². The molecule has 0 amide bonds. The van der Waals surface area contributed by atoms with E-state index in [9.17, 15) is 0 Å². The second-order valence-corrected chi connectivity index (χ2v) is 6.16. The van der Waals surface area contributed by atoms with Crippen molar-refractivity contribution in [3.63, 3.8) is 0 Å². The quantitative estimate of drug-likeness (QED) is 0.812. The molecule has 2 rings (SSSR count). The Balaban J connectivity index is 1.80. The normalized spacial score (nSPS) is 42.9. The topological polar surface area (TPSA) is 21.3 Å². The number of nitrogens with one attached hydrogen (secondary N) is 1. The van der Waals surface area contributed by atoms with Crippen LogP contribution in [0.3, 0.4) is 0 Å². The summed E-state index contributed by atoms with van der Waals surface area (Å²) >= 11 is 0. The molecule has 1 N–H and O–H groups in total. The molecule has 0 saturated heterocycles. The fraction of sp³-hybridized carbons (Fsp3) is 1.00. The van der Waals surface area contributed by atoms with Gasteiger partial charge >= 0.3 is 0 Å². The molecule has 2 saturated carbocycles. The molecule has 2 aliphatic carbocycles. The lowest BCUT2D eigenvalue weighted by Gasteiger charge is -2.35. The molecule has 2 heteroatoms. The van der Waals surface area contributed by atoms with E-state index >= 15 is 0 Å². The summed E-state index contributed by atoms with van der Waals surface area (Å²) in [6.07, 6.45) is 8.82. The monoisotopic (exact) mass is 239 g/mol. The second kappa shape index (κ2) is 6.19. The molecular formula is C15H29NO. The van der Waals surface area contributed by atoms with Gasteiger partial charge in [0.25, 0.3) is 0 Å². The summed E-state index contributed by atoms with van der Waals surface area (Å²) in [5.41, 5.74) is 0. The van der Waals surface area contributed by atoms with Crippen molar-refractivity contribution < 1.29 is 4.74 Å². The number of hydrogen-bond acceptors (Lipinski definition) is 2. The van der Waals surface area contributed by atoms with Crippen LogP contribution in [0.1, 0.15) is 59.3 Å². The Morgan fingerprint density at radius 3 is 2.59 bits per heavy atom. The van der Waals surface area contributed by atoms with Gasteiger partial charge in [-0.15, -0.1) is 0 Å². The highest BCUT2D eigenvalue weighted by molar-refractivity contribution is 4.86. The van der Waals surface area contributed by atoms with Crippen molar-refractivity contribution in [2.45, 2.75) is 77.5 Å². The van der Waals surface area contributed by atoms with Crippen LogP contribution in [0, 0.1) is 11.8 Å². The van der Waals surface area contributed by atoms with Crippen molar-refractivity contribution in [2.75, 3.05) is 6.54 Å². The van der Waals surface area contributed by atoms with Crippen molar-refractivity contribution >= 4 is 0 Å². The summed E-state index contributed by atoms with van der Waals surface area (Å²) in [6, 6.07) is 0.620. The van der Waals surface area contributed by atoms with Crippen LogP contribution < -0.4 is 5.32 Å². The lowest BCUT2D eigenvalue weighted by atomic mass is 9.80. The third kappa shape index (κ3) is 3.45. The van der Waals surface area contributed by atoms with E-state index < -0.39 is 0 Å². The standard InChI is InChI=1S/C15H29NO/c1-4-16-14-6-5-7-15(14)17-13-9-8-11(2)12(3)10-13/h11-16H,4-10H2,1-3H3. The lowest BCUT2D eigenvalue weighted by Crippen LogP contribution is -2.40. The average molecular weight is 239 g/mol. The summed E-state index contributed by atoms with van der Waals surface area (Å²) in [6.45, 7) is 8.04. The van der Waals surface area contributed by atoms with Gasteiger partial charge in [0.15, 0.2) is 0 Å². The van der Waals surface area contributed by atoms with Crippen LogP contribution in [0.25, 0.3) is 0 Å². The molecule has 0 radical (unpaired) electrons. The van der Waals surface area contributed by atoms with Gasteiger partial charge in [0.2, 0.25) is 0 Å². The Bertz CT molecular complexity index is 231. The Labute approximate surface area is 107 Å². The van der Waals surface area contributed by atoms with Gasteiger partial charge in [0.05, 0.1) is 12.2 Å². The summed E-state index contributed by atoms with van der Waals surface area (Å²) < 4.78 is 6.37. The Hall–Kier alpha value is -0.0800. The first-order valence-corrected chi connectivity index (χ1v) is 7.59. The molecule has 0 aromatic rings. The number of likely N-dealkylation sites (N-methyl/N-ethyl adjacent to an activating group) is 1. The Morgan fingerprint density at radius 2 is 1.88 bits per heavy atom. The van der Waals surface area contributed by atoms with Gasteiger partial charge in [-0.3, -0.25) is 0 Å². The molecule has 2 nitrogen and oxygen atoms in total. The highest BCUT2D eigenvalue weighted by Gasteiger charge is 2.32. The van der Waals surface area contributed by atoms with E-state index in [-0.39, 0.29) is 0 Å². The minimum absolute atomic E-state index is 0.487. The van der Waals surface area contributed by atoms with Crippen LogP contribution in [-0.2, 0) is 4.74 Å². The molecule has 5 atom stereocenters. The average Bonchev–Trinajstić information content (AvgIpc) is 2.72. The first-order chi connectivity index (χ1) is 8.20. The zero-order chi connectivity index (χ0) is 12.3. The zero-order valence-corrected chi connectivity index (χ0v) is 11.7. The van der Waals surface area contributed by atoms with Crippen molar-refractivity contribution in [1.82, 2.24) is 5.32 Å². The maximum atomic E-state index is 6.37. The Kier molecular flexibility index (Phi) is 4.87. The fourth-order valence-electron chi connectivity index (χ4n) is 3.45. The van der Waals surface area contributed by atoms with E-state index in [2.05, 4.69) is 26.1 Å². The number of ether oxygens (including phenoxy) is 1. The van der Waals surface area contributed by atoms with E-state index in [1.54, 1.807) is 0 Å². The van der Waals surface area contributed by atoms with Crippen LogP contribution in [0.2, 0.25) is 0 Å². The predicted molar refractivity (Wildman–Crippen MR) is 72.2 cm³/mol. The van der Waals surface area contributed by atoms with Crippen molar-refractivity contribution in [2.24, 2.45) is 11.8 Å². The molecule has 100 valence electrons. The van der Waals surface area contributed by atoms with Gasteiger partial charge in [-0.25, -0.2) is 0 Å². The minimum Gasteiger partial charge on any atom is -0.373 e. The predicted octanol–water partition coefficient (Wildman–Crippen LogP) is 3.36. The van der Waals surface area contributed by atoms with E-state index in [0.29, 0.717) is 18.2 Å². The molecule has 2 aliphatic rings. The van der Waals surface area contributed by atoms with Gasteiger partial charge < -0.3 is 10.1 Å². The summed E-state index contributed by atoms with van der Waals surface area (Å²) in [5, 5.41) is 3.58. The summed E-state index contributed by atoms with van der Waals surface area (Å²) in [5.74, 6) is 1.73. The first kappa shape index (κ1) is 13.4. The maximum Gasteiger partial charge on any atom is 0.0731 e. The highest BCUT2D eigenvalue weighted by Crippen LogP contribution is 2.33. The third-order valence-electron chi connectivity index (χ3n) is 4.84. The molecule has 2 fully saturated rings. The molecule has 5 unspecified atom stereocenters. The maximum absolute atomic E-state index is 6.37. The largest absolute Gasteiger partial charge is 0.373 e. The SMILES string of the molecule is CCNC1CCCC1OC1CCC(C)C(C)C1. The van der Waals surface area contributed by atoms with Gasteiger partial charge in [-0.05, 0) is 56.9 Å². The zero-order valence-electron chi connectivity index (χ0n) is 11.7. The number of rotatable bonds is 4. The third-order valence-corrected chi connectivity index (χ3v) is 4.84. The van der Waals surface area contributed by atoms with E-state index in [0.717, 1.165) is 18.4 Å². The van der Waals surface area contributed by atoms with Crippen LogP contribution in [0.5, 0.6) is 0 Å². The van der Waals surface area contributed by atoms with Crippen molar-refractivity contribution in [1.29, 1.82) is 0 Å². The van der Waals surface area contributed by atoms with E-state index in [4.69, 9.17) is 4.74 Å². The molecule has 0 aromatic carbocycles. The van der Waals surface area contributed by atoms with Crippen LogP contribution in [-0.4, -0.2) is 24.8 Å². The minimum atomic E-state index is 0.487. The van der Waals surface area contributed by atoms with Crippen LogP contribution in [0.4, 0.5) is 0 Å². The molecule has 17 heavy (non-hydrogen) atoms. The summed E-state index contributed by atoms with van der Waals surface area (Å²) in [4.78, 5) is 0.